The molecule has 0 aliphatic carbocycles. The molecule has 20 heavy (non-hydrogen) atoms. The summed E-state index contributed by atoms with van der Waals surface area (Å²) < 4.78 is 31.5. The average Bonchev–Trinajstić information content (AvgIpc) is 2.38. The fourth-order valence-corrected chi connectivity index (χ4v) is 2.55. The summed E-state index contributed by atoms with van der Waals surface area (Å²) >= 11 is 0. The number of carbonyl (C=O) groups is 1. The number of rotatable bonds is 8. The number of aliphatic carboxylic acids is 1. The summed E-state index contributed by atoms with van der Waals surface area (Å²) in [6, 6.07) is 5.39. The lowest BCUT2D eigenvalue weighted by Gasteiger charge is -2.11. The number of carboxylic acids is 1. The summed E-state index contributed by atoms with van der Waals surface area (Å²) in [7, 11) is -3.59. The first-order chi connectivity index (χ1) is 9.35. The first kappa shape index (κ1) is 16.2. The minimum Gasteiger partial charge on any atom is -0.493 e. The highest BCUT2D eigenvalue weighted by atomic mass is 32.2. The number of ether oxygens (including phenoxy) is 1. The predicted octanol–water partition coefficient (Wildman–Crippen LogP) is 1.39. The lowest BCUT2D eigenvalue weighted by molar-refractivity contribution is -0.137. The molecule has 0 radical (unpaired) electrons. The average molecular weight is 299 g/mol. The van der Waals surface area contributed by atoms with Crippen LogP contribution in [0, 0.1) is 0 Å². The Morgan fingerprint density at radius 1 is 1.45 bits per heavy atom. The molecule has 0 bridgehead atoms. The van der Waals surface area contributed by atoms with Gasteiger partial charge < -0.3 is 9.84 Å². The zero-order valence-corrected chi connectivity index (χ0v) is 11.9. The van der Waals surface area contributed by atoms with Gasteiger partial charge in [0.15, 0.2) is 0 Å². The van der Waals surface area contributed by atoms with E-state index in [-0.39, 0.29) is 24.0 Å². The minimum absolute atomic E-state index is 0.0349. The Balaban J connectivity index is 2.70. The smallest absolute Gasteiger partial charge is 0.306 e. The third-order valence-corrected chi connectivity index (χ3v) is 3.99. The maximum absolute atomic E-state index is 11.9. The van der Waals surface area contributed by atoms with Gasteiger partial charge in [-0.25, -0.2) is 13.1 Å². The van der Waals surface area contributed by atoms with Crippen LogP contribution in [0.15, 0.2) is 41.8 Å². The second-order valence-corrected chi connectivity index (χ2v) is 5.82. The Labute approximate surface area is 118 Å². The van der Waals surface area contributed by atoms with Crippen LogP contribution >= 0.6 is 0 Å². The number of benzene rings is 1. The molecule has 0 amide bonds. The molecule has 0 spiro atoms. The number of hydrogen-bond acceptors (Lipinski definition) is 4. The van der Waals surface area contributed by atoms with Gasteiger partial charge >= 0.3 is 5.97 Å². The van der Waals surface area contributed by atoms with E-state index in [9.17, 15) is 13.2 Å². The highest BCUT2D eigenvalue weighted by molar-refractivity contribution is 7.89. The minimum atomic E-state index is -3.59. The van der Waals surface area contributed by atoms with Gasteiger partial charge in [0.05, 0.1) is 17.9 Å². The molecule has 1 unspecified atom stereocenters. The van der Waals surface area contributed by atoms with Crippen molar-refractivity contribution in [3.63, 3.8) is 0 Å². The molecule has 1 aromatic carbocycles. The second kappa shape index (κ2) is 7.06. The van der Waals surface area contributed by atoms with Crippen LogP contribution in [0.2, 0.25) is 0 Å². The SMILES string of the molecule is C=CC(C)NS(=O)(=O)c1ccc(OCCC(=O)O)cc1. The molecule has 2 N–H and O–H groups in total. The van der Waals surface area contributed by atoms with Crippen molar-refractivity contribution in [1.29, 1.82) is 0 Å². The monoisotopic (exact) mass is 299 g/mol. The molecular formula is C13H17NO5S. The van der Waals surface area contributed by atoms with Gasteiger partial charge in [-0.15, -0.1) is 6.58 Å². The third kappa shape index (κ3) is 5.02. The van der Waals surface area contributed by atoms with Crippen molar-refractivity contribution in [2.75, 3.05) is 6.61 Å². The number of carboxylic acid groups (broad SMARTS) is 1. The van der Waals surface area contributed by atoms with Gasteiger partial charge in [-0.2, -0.15) is 0 Å². The van der Waals surface area contributed by atoms with Crippen LogP contribution in [0.1, 0.15) is 13.3 Å². The van der Waals surface area contributed by atoms with E-state index in [4.69, 9.17) is 9.84 Å². The number of hydrogen-bond donors (Lipinski definition) is 2. The molecule has 110 valence electrons. The van der Waals surface area contributed by atoms with E-state index in [0.29, 0.717) is 5.75 Å². The van der Waals surface area contributed by atoms with Crippen molar-refractivity contribution < 1.29 is 23.1 Å². The first-order valence-corrected chi connectivity index (χ1v) is 7.43. The standard InChI is InChI=1S/C13H17NO5S/c1-3-10(2)14-20(17,18)12-6-4-11(5-7-12)19-9-8-13(15)16/h3-7,10,14H,1,8-9H2,2H3,(H,15,16). The van der Waals surface area contributed by atoms with E-state index in [1.165, 1.54) is 30.3 Å². The van der Waals surface area contributed by atoms with Crippen molar-refractivity contribution in [2.45, 2.75) is 24.3 Å². The van der Waals surface area contributed by atoms with Crippen LogP contribution < -0.4 is 9.46 Å². The topological polar surface area (TPSA) is 92.7 Å². The fourth-order valence-electron chi connectivity index (χ4n) is 1.33. The molecule has 0 heterocycles. The summed E-state index contributed by atoms with van der Waals surface area (Å²) in [5.74, 6) is -0.534. The van der Waals surface area contributed by atoms with E-state index in [0.717, 1.165) is 0 Å². The Hall–Kier alpha value is -1.86. The van der Waals surface area contributed by atoms with Crippen LogP contribution in [-0.2, 0) is 14.8 Å². The Bertz CT molecular complexity index is 565. The Morgan fingerprint density at radius 2 is 2.05 bits per heavy atom. The summed E-state index contributed by atoms with van der Waals surface area (Å²) in [4.78, 5) is 10.4. The molecule has 0 aliphatic heterocycles. The highest BCUT2D eigenvalue weighted by Crippen LogP contribution is 2.16. The van der Waals surface area contributed by atoms with Gasteiger partial charge in [0, 0.05) is 6.04 Å². The van der Waals surface area contributed by atoms with Crippen LogP contribution in [-0.4, -0.2) is 32.1 Å². The van der Waals surface area contributed by atoms with Crippen LogP contribution in [0.25, 0.3) is 0 Å². The molecule has 6 nitrogen and oxygen atoms in total. The summed E-state index contributed by atoms with van der Waals surface area (Å²) in [6.45, 7) is 5.22. The molecule has 0 saturated carbocycles. The first-order valence-electron chi connectivity index (χ1n) is 5.94. The molecule has 0 saturated heterocycles. The normalized spacial score (nSPS) is 12.7. The molecule has 0 aliphatic rings. The molecule has 7 heteroatoms. The molecule has 0 fully saturated rings. The molecule has 1 aromatic rings. The van der Waals surface area contributed by atoms with E-state index in [2.05, 4.69) is 11.3 Å². The van der Waals surface area contributed by atoms with Gasteiger partial charge in [-0.1, -0.05) is 6.08 Å². The molecular weight excluding hydrogens is 282 g/mol. The van der Waals surface area contributed by atoms with E-state index in [1.807, 2.05) is 0 Å². The van der Waals surface area contributed by atoms with E-state index in [1.54, 1.807) is 6.92 Å². The van der Waals surface area contributed by atoms with Crippen molar-refractivity contribution >= 4 is 16.0 Å². The maximum atomic E-state index is 11.9. The van der Waals surface area contributed by atoms with Crippen LogP contribution in [0.3, 0.4) is 0 Å². The molecule has 1 rings (SSSR count). The van der Waals surface area contributed by atoms with Gasteiger partial charge in [0.25, 0.3) is 0 Å². The number of nitrogens with one attached hydrogen (secondary N) is 1. The number of sulfonamides is 1. The Kier molecular flexibility index (Phi) is 5.72. The van der Waals surface area contributed by atoms with Crippen molar-refractivity contribution in [2.24, 2.45) is 0 Å². The molecule has 1 atom stereocenters. The van der Waals surface area contributed by atoms with Crippen LogP contribution in [0.5, 0.6) is 5.75 Å². The summed E-state index contributed by atoms with van der Waals surface area (Å²) in [5, 5.41) is 8.47. The van der Waals surface area contributed by atoms with Crippen LogP contribution in [0.4, 0.5) is 0 Å². The quantitative estimate of drug-likeness (QED) is 0.708. The van der Waals surface area contributed by atoms with E-state index < -0.39 is 16.0 Å². The van der Waals surface area contributed by atoms with E-state index >= 15 is 0 Å². The largest absolute Gasteiger partial charge is 0.493 e. The summed E-state index contributed by atoms with van der Waals surface area (Å²) in [5.41, 5.74) is 0. The molecule has 0 aromatic heterocycles. The van der Waals surface area contributed by atoms with Gasteiger partial charge in [-0.3, -0.25) is 4.79 Å². The fraction of sp³-hybridized carbons (Fsp3) is 0.308. The zero-order valence-electron chi connectivity index (χ0n) is 11.1. The van der Waals surface area contributed by atoms with Gasteiger partial charge in [0.2, 0.25) is 10.0 Å². The highest BCUT2D eigenvalue weighted by Gasteiger charge is 2.15. The third-order valence-electron chi connectivity index (χ3n) is 2.41. The maximum Gasteiger partial charge on any atom is 0.306 e. The zero-order chi connectivity index (χ0) is 15.2. The van der Waals surface area contributed by atoms with Gasteiger partial charge in [-0.05, 0) is 31.2 Å². The lowest BCUT2D eigenvalue weighted by atomic mass is 10.3. The van der Waals surface area contributed by atoms with Crippen molar-refractivity contribution in [3.05, 3.63) is 36.9 Å². The lowest BCUT2D eigenvalue weighted by Crippen LogP contribution is -2.30. The van der Waals surface area contributed by atoms with Crippen molar-refractivity contribution in [3.8, 4) is 5.75 Å². The summed E-state index contributed by atoms with van der Waals surface area (Å²) in [6.07, 6.45) is 1.37. The second-order valence-electron chi connectivity index (χ2n) is 4.11. The van der Waals surface area contributed by atoms with Gasteiger partial charge in [0.1, 0.15) is 5.75 Å². The Morgan fingerprint density at radius 3 is 2.55 bits per heavy atom. The van der Waals surface area contributed by atoms with Crippen molar-refractivity contribution in [1.82, 2.24) is 4.72 Å². The predicted molar refractivity (Wildman–Crippen MR) is 74.2 cm³/mol.